The van der Waals surface area contributed by atoms with Gasteiger partial charge in [-0.25, -0.2) is 4.79 Å². The number of nitrogens with one attached hydrogen (secondary N) is 2. The van der Waals surface area contributed by atoms with E-state index in [1.807, 2.05) is 0 Å². The average Bonchev–Trinajstić information content (AvgIpc) is 2.56. The first-order chi connectivity index (χ1) is 11.8. The second-order valence-electron chi connectivity index (χ2n) is 4.71. The number of hydrogen-bond donors (Lipinski definition) is 3. The lowest BCUT2D eigenvalue weighted by atomic mass is 10.2. The first-order valence-electron chi connectivity index (χ1n) is 6.67. The summed E-state index contributed by atoms with van der Waals surface area (Å²) >= 11 is 10.8. The molecule has 0 heterocycles. The van der Waals surface area contributed by atoms with Crippen LogP contribution < -0.4 is 10.6 Å². The van der Waals surface area contributed by atoms with Gasteiger partial charge in [-0.3, -0.25) is 20.2 Å². The number of benzene rings is 2. The fourth-order valence-electron chi connectivity index (χ4n) is 1.84. The number of nitro benzene ring substituents is 1. The van der Waals surface area contributed by atoms with Crippen LogP contribution in [-0.2, 0) is 0 Å². The quantitative estimate of drug-likeness (QED) is 0.424. The Hall–Kier alpha value is -3.04. The number of carbonyl (C=O) groups excluding carboxylic acids is 1. The number of nitrogens with zero attached hydrogens (tertiary/aromatic N) is 1. The van der Waals surface area contributed by atoms with Gasteiger partial charge >= 0.3 is 5.97 Å². The predicted octanol–water partition coefficient (Wildman–Crippen LogP) is 3.07. The molecular weight excluding hydrogens is 370 g/mol. The standard InChI is InChI=1S/C15H10ClN3O5S/c16-12-6-3-9(7-11(12)14(21)22)17-15(25)18-13(20)8-1-4-10(5-2-8)19(23)24/h1-7H,(H,21,22)(H2,17,18,20,25). The fraction of sp³-hybridized carbons (Fsp3) is 0. The molecule has 0 fully saturated rings. The smallest absolute Gasteiger partial charge is 0.337 e. The summed E-state index contributed by atoms with van der Waals surface area (Å²) in [6, 6.07) is 9.14. The number of hydrogen-bond acceptors (Lipinski definition) is 5. The number of aromatic carboxylic acids is 1. The Balaban J connectivity index is 2.04. The minimum atomic E-state index is -1.20. The van der Waals surface area contributed by atoms with E-state index in [1.54, 1.807) is 0 Å². The summed E-state index contributed by atoms with van der Waals surface area (Å²) in [7, 11) is 0. The van der Waals surface area contributed by atoms with Crippen LogP contribution in [0.2, 0.25) is 5.02 Å². The van der Waals surface area contributed by atoms with Crippen LogP contribution in [0.3, 0.4) is 0 Å². The highest BCUT2D eigenvalue weighted by atomic mass is 35.5. The number of carboxylic acids is 1. The van der Waals surface area contributed by atoms with E-state index < -0.39 is 16.8 Å². The molecule has 2 aromatic carbocycles. The third kappa shape index (κ3) is 4.72. The molecule has 25 heavy (non-hydrogen) atoms. The molecule has 0 aliphatic heterocycles. The fourth-order valence-corrected chi connectivity index (χ4v) is 2.25. The van der Waals surface area contributed by atoms with Gasteiger partial charge in [-0.1, -0.05) is 11.6 Å². The monoisotopic (exact) mass is 379 g/mol. The second-order valence-corrected chi connectivity index (χ2v) is 5.53. The first-order valence-corrected chi connectivity index (χ1v) is 7.46. The largest absolute Gasteiger partial charge is 0.478 e. The molecule has 1 amide bonds. The third-order valence-electron chi connectivity index (χ3n) is 3.02. The van der Waals surface area contributed by atoms with E-state index in [4.69, 9.17) is 28.9 Å². The van der Waals surface area contributed by atoms with Gasteiger partial charge < -0.3 is 10.4 Å². The summed E-state index contributed by atoms with van der Waals surface area (Å²) in [4.78, 5) is 33.1. The lowest BCUT2D eigenvalue weighted by Crippen LogP contribution is -2.34. The van der Waals surface area contributed by atoms with Gasteiger partial charge in [0.2, 0.25) is 0 Å². The molecule has 0 radical (unpaired) electrons. The zero-order chi connectivity index (χ0) is 18.6. The Morgan fingerprint density at radius 3 is 2.36 bits per heavy atom. The molecule has 128 valence electrons. The maximum Gasteiger partial charge on any atom is 0.337 e. The van der Waals surface area contributed by atoms with Crippen LogP contribution in [0, 0.1) is 10.1 Å². The van der Waals surface area contributed by atoms with Crippen LogP contribution in [-0.4, -0.2) is 27.0 Å². The zero-order valence-electron chi connectivity index (χ0n) is 12.4. The van der Waals surface area contributed by atoms with Crippen LogP contribution in [0.15, 0.2) is 42.5 Å². The third-order valence-corrected chi connectivity index (χ3v) is 3.56. The molecule has 0 spiro atoms. The van der Waals surface area contributed by atoms with Crippen molar-refractivity contribution in [2.75, 3.05) is 5.32 Å². The van der Waals surface area contributed by atoms with Crippen LogP contribution >= 0.6 is 23.8 Å². The van der Waals surface area contributed by atoms with Gasteiger partial charge in [-0.05, 0) is 42.5 Å². The van der Waals surface area contributed by atoms with Crippen molar-refractivity contribution in [1.29, 1.82) is 0 Å². The molecule has 2 rings (SSSR count). The molecular formula is C15H10ClN3O5S. The minimum absolute atomic E-state index is 0.0676. The van der Waals surface area contributed by atoms with Gasteiger partial charge in [-0.15, -0.1) is 0 Å². The van der Waals surface area contributed by atoms with Crippen molar-refractivity contribution >= 4 is 52.2 Å². The number of nitro groups is 1. The summed E-state index contributed by atoms with van der Waals surface area (Å²) in [5.41, 5.74) is 0.253. The number of rotatable bonds is 4. The van der Waals surface area contributed by atoms with Crippen molar-refractivity contribution in [3.63, 3.8) is 0 Å². The van der Waals surface area contributed by atoms with Crippen molar-refractivity contribution in [3.05, 3.63) is 68.7 Å². The molecule has 2 aromatic rings. The maximum atomic E-state index is 12.0. The van der Waals surface area contributed by atoms with E-state index in [0.29, 0.717) is 5.69 Å². The number of thiocarbonyl (C=S) groups is 1. The van der Waals surface area contributed by atoms with Crippen LogP contribution in [0.5, 0.6) is 0 Å². The molecule has 8 nitrogen and oxygen atoms in total. The Morgan fingerprint density at radius 2 is 1.80 bits per heavy atom. The Labute approximate surface area is 151 Å². The Morgan fingerprint density at radius 1 is 1.16 bits per heavy atom. The van der Waals surface area contributed by atoms with Gasteiger partial charge in [0.25, 0.3) is 11.6 Å². The van der Waals surface area contributed by atoms with Crippen molar-refractivity contribution < 1.29 is 19.6 Å². The highest BCUT2D eigenvalue weighted by molar-refractivity contribution is 7.80. The van der Waals surface area contributed by atoms with E-state index in [1.165, 1.54) is 42.5 Å². The summed E-state index contributed by atoms with van der Waals surface area (Å²) in [6.45, 7) is 0. The van der Waals surface area contributed by atoms with E-state index in [-0.39, 0.29) is 26.9 Å². The number of anilines is 1. The number of carbonyl (C=O) groups is 2. The normalized spacial score (nSPS) is 9.96. The Kier molecular flexibility index (Phi) is 5.63. The average molecular weight is 380 g/mol. The van der Waals surface area contributed by atoms with E-state index in [9.17, 15) is 19.7 Å². The number of halogens is 1. The molecule has 0 unspecified atom stereocenters. The topological polar surface area (TPSA) is 122 Å². The van der Waals surface area contributed by atoms with Crippen LogP contribution in [0.1, 0.15) is 20.7 Å². The van der Waals surface area contributed by atoms with Crippen LogP contribution in [0.25, 0.3) is 0 Å². The molecule has 0 saturated heterocycles. The SMILES string of the molecule is O=C(NC(=S)Nc1ccc(Cl)c(C(=O)O)c1)c1ccc([N+](=O)[O-])cc1. The van der Waals surface area contributed by atoms with Gasteiger partial charge in [-0.2, -0.15) is 0 Å². The second kappa shape index (κ2) is 7.69. The van der Waals surface area contributed by atoms with Gasteiger partial charge in [0.1, 0.15) is 0 Å². The maximum absolute atomic E-state index is 12.0. The molecule has 10 heteroatoms. The summed E-state index contributed by atoms with van der Waals surface area (Å²) in [5.74, 6) is -1.77. The Bertz CT molecular complexity index is 870. The van der Waals surface area contributed by atoms with E-state index in [2.05, 4.69) is 10.6 Å². The van der Waals surface area contributed by atoms with Gasteiger partial charge in [0.05, 0.1) is 15.5 Å². The number of carboxylic acid groups (broad SMARTS) is 1. The highest BCUT2D eigenvalue weighted by Gasteiger charge is 2.13. The van der Waals surface area contributed by atoms with Gasteiger partial charge in [0.15, 0.2) is 5.11 Å². The summed E-state index contributed by atoms with van der Waals surface area (Å²) in [6.07, 6.45) is 0. The minimum Gasteiger partial charge on any atom is -0.478 e. The molecule has 3 N–H and O–H groups in total. The summed E-state index contributed by atoms with van der Waals surface area (Å²) in [5, 5.41) is 24.7. The molecule has 0 aliphatic rings. The zero-order valence-corrected chi connectivity index (χ0v) is 13.9. The number of non-ortho nitro benzene ring substituents is 1. The van der Waals surface area contributed by atoms with E-state index in [0.717, 1.165) is 0 Å². The van der Waals surface area contributed by atoms with Crippen molar-refractivity contribution in [3.8, 4) is 0 Å². The molecule has 0 atom stereocenters. The van der Waals surface area contributed by atoms with Crippen LogP contribution in [0.4, 0.5) is 11.4 Å². The first kappa shape index (κ1) is 18.3. The molecule has 0 aromatic heterocycles. The lowest BCUT2D eigenvalue weighted by Gasteiger charge is -2.10. The molecule has 0 bridgehead atoms. The van der Waals surface area contributed by atoms with Crippen molar-refractivity contribution in [2.24, 2.45) is 0 Å². The molecule has 0 saturated carbocycles. The predicted molar refractivity (Wildman–Crippen MR) is 95.2 cm³/mol. The highest BCUT2D eigenvalue weighted by Crippen LogP contribution is 2.20. The summed E-state index contributed by atoms with van der Waals surface area (Å²) < 4.78 is 0. The van der Waals surface area contributed by atoms with E-state index >= 15 is 0 Å². The van der Waals surface area contributed by atoms with Gasteiger partial charge in [0, 0.05) is 23.4 Å². The number of amides is 1. The lowest BCUT2D eigenvalue weighted by molar-refractivity contribution is -0.384. The molecule has 0 aliphatic carbocycles. The van der Waals surface area contributed by atoms with Crippen molar-refractivity contribution in [2.45, 2.75) is 0 Å². The van der Waals surface area contributed by atoms with Crippen molar-refractivity contribution in [1.82, 2.24) is 5.32 Å².